The van der Waals surface area contributed by atoms with Crippen LogP contribution in [0.5, 0.6) is 0 Å². The third-order valence-electron chi connectivity index (χ3n) is 1.84. The van der Waals surface area contributed by atoms with Gasteiger partial charge in [0.1, 0.15) is 6.23 Å². The molecule has 0 saturated carbocycles. The first-order valence-corrected chi connectivity index (χ1v) is 5.65. The third kappa shape index (κ3) is 3.30. The summed E-state index contributed by atoms with van der Waals surface area (Å²) < 4.78 is 63.3. The second-order valence-corrected chi connectivity index (χ2v) is 4.86. The van der Waals surface area contributed by atoms with Gasteiger partial charge in [-0.15, -0.1) is 0 Å². The van der Waals surface area contributed by atoms with Gasteiger partial charge in [-0.25, -0.2) is 13.1 Å². The summed E-state index contributed by atoms with van der Waals surface area (Å²) in [5.41, 5.74) is -5.27. The first kappa shape index (κ1) is 12.7. The van der Waals surface area contributed by atoms with Crippen LogP contribution in [0.1, 0.15) is 6.92 Å². The highest BCUT2D eigenvalue weighted by molar-refractivity contribution is 7.90. The van der Waals surface area contributed by atoms with Crippen LogP contribution in [0.3, 0.4) is 0 Å². The van der Waals surface area contributed by atoms with Crippen molar-refractivity contribution in [3.63, 3.8) is 0 Å². The summed E-state index contributed by atoms with van der Waals surface area (Å²) in [5, 5.41) is 2.81. The normalized spacial score (nSPS) is 28.3. The molecular weight excluding hydrogens is 237 g/mol. The van der Waals surface area contributed by atoms with Gasteiger partial charge in [0.2, 0.25) is 0 Å². The summed E-state index contributed by atoms with van der Waals surface area (Å²) >= 11 is 0. The molecule has 9 heteroatoms. The first-order valence-electron chi connectivity index (χ1n) is 4.17. The predicted octanol–water partition coefficient (Wildman–Crippen LogP) is -0.240. The highest BCUT2D eigenvalue weighted by Gasteiger charge is 2.45. The minimum Gasteiger partial charge on any atom is -0.358 e. The SMILES string of the molecule is C[C@H]1NC[C@H](CNS(=O)(=O)C(F)(F)F)O1. The van der Waals surface area contributed by atoms with E-state index in [0.717, 1.165) is 0 Å². The Bertz CT molecular complexity index is 316. The molecule has 0 aromatic rings. The van der Waals surface area contributed by atoms with E-state index in [2.05, 4.69) is 5.32 Å². The van der Waals surface area contributed by atoms with Gasteiger partial charge in [0.15, 0.2) is 0 Å². The van der Waals surface area contributed by atoms with Crippen molar-refractivity contribution < 1.29 is 26.3 Å². The van der Waals surface area contributed by atoms with Gasteiger partial charge in [-0.05, 0) is 6.92 Å². The topological polar surface area (TPSA) is 67.4 Å². The maximum absolute atomic E-state index is 11.9. The number of halogens is 3. The van der Waals surface area contributed by atoms with Crippen LogP contribution in [0.15, 0.2) is 0 Å². The van der Waals surface area contributed by atoms with Gasteiger partial charge in [0.05, 0.1) is 6.10 Å². The van der Waals surface area contributed by atoms with E-state index in [-0.39, 0.29) is 12.8 Å². The van der Waals surface area contributed by atoms with Gasteiger partial charge in [-0.3, -0.25) is 5.32 Å². The zero-order valence-electron chi connectivity index (χ0n) is 7.84. The van der Waals surface area contributed by atoms with Crippen molar-refractivity contribution >= 4 is 10.0 Å². The number of hydrogen-bond acceptors (Lipinski definition) is 4. The second kappa shape index (κ2) is 4.24. The molecule has 1 fully saturated rings. The lowest BCUT2D eigenvalue weighted by Gasteiger charge is -2.12. The predicted molar refractivity (Wildman–Crippen MR) is 45.3 cm³/mol. The Morgan fingerprint density at radius 3 is 2.53 bits per heavy atom. The van der Waals surface area contributed by atoms with E-state index >= 15 is 0 Å². The standard InChI is InChI=1S/C6H11F3N2O3S/c1-4-10-2-5(14-4)3-11-15(12,13)6(7,8)9/h4-5,10-11H,2-3H2,1H3/t4-,5+/m0/s1. The highest BCUT2D eigenvalue weighted by Crippen LogP contribution is 2.21. The fraction of sp³-hybridized carbons (Fsp3) is 1.00. The van der Waals surface area contributed by atoms with Gasteiger partial charge in [0.25, 0.3) is 0 Å². The Morgan fingerprint density at radius 2 is 2.13 bits per heavy atom. The van der Waals surface area contributed by atoms with Crippen LogP contribution >= 0.6 is 0 Å². The maximum Gasteiger partial charge on any atom is 0.511 e. The number of rotatable bonds is 3. The van der Waals surface area contributed by atoms with E-state index < -0.39 is 21.6 Å². The molecule has 0 aromatic carbocycles. The molecule has 90 valence electrons. The molecule has 1 aliphatic rings. The average molecular weight is 248 g/mol. The summed E-state index contributed by atoms with van der Waals surface area (Å²) in [5.74, 6) is 0. The summed E-state index contributed by atoms with van der Waals surface area (Å²) in [6, 6.07) is 0. The summed E-state index contributed by atoms with van der Waals surface area (Å²) in [7, 11) is -5.26. The Balaban J connectivity index is 2.44. The lowest BCUT2D eigenvalue weighted by molar-refractivity contribution is -0.0451. The number of sulfonamides is 1. The van der Waals surface area contributed by atoms with E-state index in [1.807, 2.05) is 0 Å². The molecule has 1 heterocycles. The zero-order chi connectivity index (χ0) is 11.7. The Morgan fingerprint density at radius 1 is 1.53 bits per heavy atom. The zero-order valence-corrected chi connectivity index (χ0v) is 8.65. The molecule has 0 aliphatic carbocycles. The molecule has 1 rings (SSSR count). The first-order chi connectivity index (χ1) is 6.72. The maximum atomic E-state index is 11.9. The fourth-order valence-electron chi connectivity index (χ4n) is 1.09. The van der Waals surface area contributed by atoms with Gasteiger partial charge in [0, 0.05) is 13.1 Å². The Labute approximate surface area is 85.0 Å². The van der Waals surface area contributed by atoms with Crippen LogP contribution in [0, 0.1) is 0 Å². The summed E-state index contributed by atoms with van der Waals surface area (Å²) in [6.07, 6.45) is -0.845. The minimum atomic E-state index is -5.27. The minimum absolute atomic E-state index is 0.273. The number of nitrogens with one attached hydrogen (secondary N) is 2. The molecule has 2 atom stereocenters. The molecule has 15 heavy (non-hydrogen) atoms. The van der Waals surface area contributed by atoms with Crippen molar-refractivity contribution in [3.05, 3.63) is 0 Å². The van der Waals surface area contributed by atoms with Crippen molar-refractivity contribution in [3.8, 4) is 0 Å². The second-order valence-electron chi connectivity index (χ2n) is 3.11. The van der Waals surface area contributed by atoms with Gasteiger partial charge >= 0.3 is 15.5 Å². The van der Waals surface area contributed by atoms with E-state index in [1.54, 1.807) is 6.92 Å². The van der Waals surface area contributed by atoms with Crippen LogP contribution < -0.4 is 10.0 Å². The number of hydrogen-bond donors (Lipinski definition) is 2. The molecule has 0 spiro atoms. The van der Waals surface area contributed by atoms with Crippen LogP contribution in [-0.4, -0.2) is 39.3 Å². The van der Waals surface area contributed by atoms with E-state index in [0.29, 0.717) is 6.54 Å². The summed E-state index contributed by atoms with van der Waals surface area (Å²) in [6.45, 7) is 1.61. The van der Waals surface area contributed by atoms with Crippen molar-refractivity contribution in [1.82, 2.24) is 10.0 Å². The molecule has 0 bridgehead atoms. The largest absolute Gasteiger partial charge is 0.511 e. The molecular formula is C6H11F3N2O3S. The molecule has 0 aromatic heterocycles. The van der Waals surface area contributed by atoms with Crippen molar-refractivity contribution in [2.75, 3.05) is 13.1 Å². The van der Waals surface area contributed by atoms with Gasteiger partial charge in [-0.2, -0.15) is 13.2 Å². The van der Waals surface area contributed by atoms with Gasteiger partial charge < -0.3 is 4.74 Å². The van der Waals surface area contributed by atoms with Crippen molar-refractivity contribution in [1.29, 1.82) is 0 Å². The quantitative estimate of drug-likeness (QED) is 0.723. The van der Waals surface area contributed by atoms with E-state index in [4.69, 9.17) is 4.74 Å². The summed E-state index contributed by atoms with van der Waals surface area (Å²) in [4.78, 5) is 0. The molecule has 1 saturated heterocycles. The monoisotopic (exact) mass is 248 g/mol. The molecule has 0 unspecified atom stereocenters. The smallest absolute Gasteiger partial charge is 0.358 e. The Hall–Kier alpha value is -0.380. The van der Waals surface area contributed by atoms with Crippen LogP contribution in [-0.2, 0) is 14.8 Å². The van der Waals surface area contributed by atoms with Crippen LogP contribution in [0.25, 0.3) is 0 Å². The van der Waals surface area contributed by atoms with Crippen LogP contribution in [0.2, 0.25) is 0 Å². The molecule has 2 N–H and O–H groups in total. The van der Waals surface area contributed by atoms with Crippen molar-refractivity contribution in [2.24, 2.45) is 0 Å². The van der Waals surface area contributed by atoms with E-state index in [9.17, 15) is 21.6 Å². The van der Waals surface area contributed by atoms with E-state index in [1.165, 1.54) is 4.72 Å². The fourth-order valence-corrected chi connectivity index (χ4v) is 1.66. The molecule has 1 aliphatic heterocycles. The number of ether oxygens (including phenoxy) is 1. The number of alkyl halides is 3. The molecule has 0 radical (unpaired) electrons. The van der Waals surface area contributed by atoms with Crippen LogP contribution in [0.4, 0.5) is 13.2 Å². The lowest BCUT2D eigenvalue weighted by Crippen LogP contribution is -2.41. The molecule has 5 nitrogen and oxygen atoms in total. The molecule has 0 amide bonds. The van der Waals surface area contributed by atoms with Crippen molar-refractivity contribution in [2.45, 2.75) is 24.8 Å². The van der Waals surface area contributed by atoms with Gasteiger partial charge in [-0.1, -0.05) is 0 Å². The Kier molecular flexibility index (Phi) is 3.59. The third-order valence-corrected chi connectivity index (χ3v) is 2.99. The highest BCUT2D eigenvalue weighted by atomic mass is 32.2. The lowest BCUT2D eigenvalue weighted by atomic mass is 10.4. The average Bonchev–Trinajstić information content (AvgIpc) is 2.46.